The summed E-state index contributed by atoms with van der Waals surface area (Å²) in [4.78, 5) is 25.3. The summed E-state index contributed by atoms with van der Waals surface area (Å²) in [6.45, 7) is 1.69. The summed E-state index contributed by atoms with van der Waals surface area (Å²) in [6, 6.07) is 22.3. The second-order valence-electron chi connectivity index (χ2n) is 7.51. The van der Waals surface area contributed by atoms with Gasteiger partial charge in [-0.1, -0.05) is 42.5 Å². The van der Waals surface area contributed by atoms with Gasteiger partial charge in [-0.15, -0.1) is 0 Å². The molecule has 33 heavy (non-hydrogen) atoms. The lowest BCUT2D eigenvalue weighted by Gasteiger charge is -2.16. The van der Waals surface area contributed by atoms with E-state index in [1.165, 1.54) is 24.0 Å². The molecule has 8 nitrogen and oxygen atoms in total. The van der Waals surface area contributed by atoms with E-state index in [9.17, 15) is 9.59 Å². The highest BCUT2D eigenvalue weighted by atomic mass is 16.6. The Morgan fingerprint density at radius 3 is 2.58 bits per heavy atom. The lowest BCUT2D eigenvalue weighted by atomic mass is 10.1. The van der Waals surface area contributed by atoms with Crippen molar-refractivity contribution in [1.82, 2.24) is 0 Å². The van der Waals surface area contributed by atoms with Gasteiger partial charge in [-0.2, -0.15) is 0 Å². The Labute approximate surface area is 191 Å². The molecule has 0 spiro atoms. The highest BCUT2D eigenvalue weighted by Crippen LogP contribution is 2.29. The number of hydrogen-bond acceptors (Lipinski definition) is 6. The third-order valence-corrected chi connectivity index (χ3v) is 5.07. The van der Waals surface area contributed by atoms with Crippen molar-refractivity contribution in [3.05, 3.63) is 78.4 Å². The zero-order valence-electron chi connectivity index (χ0n) is 18.0. The van der Waals surface area contributed by atoms with Crippen molar-refractivity contribution in [1.29, 1.82) is 5.41 Å². The minimum atomic E-state index is -0.553. The fourth-order valence-electron chi connectivity index (χ4n) is 3.55. The second kappa shape index (κ2) is 9.44. The second-order valence-corrected chi connectivity index (χ2v) is 7.51. The smallest absolute Gasteiger partial charge is 0.414 e. The van der Waals surface area contributed by atoms with Crippen LogP contribution in [0.15, 0.2) is 72.8 Å². The Bertz CT molecular complexity index is 1200. The topological polar surface area (TPSA) is 115 Å². The number of nitrogen functional groups attached to an aromatic ring is 1. The molecule has 1 amide bonds. The van der Waals surface area contributed by atoms with Gasteiger partial charge in [-0.05, 0) is 35.4 Å². The quantitative estimate of drug-likeness (QED) is 0.246. The summed E-state index contributed by atoms with van der Waals surface area (Å²) < 4.78 is 16.5. The van der Waals surface area contributed by atoms with E-state index in [0.29, 0.717) is 11.4 Å². The average molecular weight is 445 g/mol. The van der Waals surface area contributed by atoms with E-state index in [4.69, 9.17) is 25.4 Å². The molecule has 3 N–H and O–H groups in total. The molecule has 1 aliphatic rings. The first-order valence-electron chi connectivity index (χ1n) is 10.3. The molecule has 1 saturated heterocycles. The van der Waals surface area contributed by atoms with E-state index < -0.39 is 18.2 Å². The van der Waals surface area contributed by atoms with Crippen LogP contribution < -0.4 is 20.1 Å². The van der Waals surface area contributed by atoms with Gasteiger partial charge in [0.25, 0.3) is 0 Å². The van der Waals surface area contributed by atoms with Crippen LogP contribution in [0, 0.1) is 5.41 Å². The van der Waals surface area contributed by atoms with Crippen molar-refractivity contribution in [2.45, 2.75) is 13.0 Å². The van der Waals surface area contributed by atoms with Gasteiger partial charge >= 0.3 is 12.1 Å². The number of nitrogens with two attached hydrogens (primary N) is 1. The standard InChI is InChI=1S/C25H23N3O5/c1-16(29)32-23-13-19(10-11-22(23)24(26)27)28-14-21(33-25(28)30)15-31-20-9-5-8-18(12-20)17-6-3-2-4-7-17/h2-13,21H,14-15H2,1H3,(H3,26,27). The number of cyclic esters (lactones) is 1. The van der Waals surface area contributed by atoms with E-state index >= 15 is 0 Å². The van der Waals surface area contributed by atoms with Gasteiger partial charge in [-0.3, -0.25) is 15.1 Å². The summed E-state index contributed by atoms with van der Waals surface area (Å²) >= 11 is 0. The molecule has 3 aromatic carbocycles. The van der Waals surface area contributed by atoms with Crippen LogP contribution in [0.3, 0.4) is 0 Å². The molecule has 1 unspecified atom stereocenters. The van der Waals surface area contributed by atoms with E-state index in [0.717, 1.165) is 11.1 Å². The fourth-order valence-corrected chi connectivity index (χ4v) is 3.55. The molecule has 0 aromatic heterocycles. The number of carbonyl (C=O) groups is 2. The van der Waals surface area contributed by atoms with Crippen molar-refractivity contribution in [3.63, 3.8) is 0 Å². The normalized spacial score (nSPS) is 15.1. The molecule has 168 valence electrons. The maximum absolute atomic E-state index is 12.5. The van der Waals surface area contributed by atoms with Gasteiger partial charge in [0.2, 0.25) is 0 Å². The average Bonchev–Trinajstić information content (AvgIpc) is 3.18. The molecular formula is C25H23N3O5. The number of ether oxygens (including phenoxy) is 3. The number of amidine groups is 1. The minimum absolute atomic E-state index is 0.109. The Hall–Kier alpha value is -4.33. The van der Waals surface area contributed by atoms with Crippen LogP contribution in [0.1, 0.15) is 12.5 Å². The predicted octanol–water partition coefficient (Wildman–Crippen LogP) is 3.97. The third-order valence-electron chi connectivity index (χ3n) is 5.07. The monoisotopic (exact) mass is 445 g/mol. The summed E-state index contributed by atoms with van der Waals surface area (Å²) in [6.07, 6.45) is -1.02. The highest BCUT2D eigenvalue weighted by Gasteiger charge is 2.33. The number of esters is 1. The molecule has 0 bridgehead atoms. The number of carbonyl (C=O) groups excluding carboxylic acids is 2. The van der Waals surface area contributed by atoms with E-state index in [1.807, 2.05) is 54.6 Å². The zero-order chi connectivity index (χ0) is 23.4. The summed E-state index contributed by atoms with van der Waals surface area (Å²) in [7, 11) is 0. The van der Waals surface area contributed by atoms with Crippen LogP contribution in [0.4, 0.5) is 10.5 Å². The molecule has 1 fully saturated rings. The Morgan fingerprint density at radius 1 is 1.09 bits per heavy atom. The van der Waals surface area contributed by atoms with E-state index in [2.05, 4.69) is 0 Å². The minimum Gasteiger partial charge on any atom is -0.490 e. The number of amides is 1. The van der Waals surface area contributed by atoms with Crippen LogP contribution in [-0.4, -0.2) is 37.2 Å². The van der Waals surface area contributed by atoms with Crippen molar-refractivity contribution < 1.29 is 23.8 Å². The fraction of sp³-hybridized carbons (Fsp3) is 0.160. The van der Waals surface area contributed by atoms with Crippen molar-refractivity contribution in [3.8, 4) is 22.6 Å². The van der Waals surface area contributed by atoms with Crippen molar-refractivity contribution in [2.75, 3.05) is 18.1 Å². The predicted molar refractivity (Wildman–Crippen MR) is 124 cm³/mol. The largest absolute Gasteiger partial charge is 0.490 e. The number of benzene rings is 3. The first-order valence-corrected chi connectivity index (χ1v) is 10.3. The number of hydrogen-bond donors (Lipinski definition) is 2. The van der Waals surface area contributed by atoms with Crippen molar-refractivity contribution in [2.24, 2.45) is 5.73 Å². The third kappa shape index (κ3) is 5.12. The first-order chi connectivity index (χ1) is 15.9. The summed E-state index contributed by atoms with van der Waals surface area (Å²) in [5.41, 5.74) is 8.40. The Kier molecular flexibility index (Phi) is 6.26. The van der Waals surface area contributed by atoms with Crippen molar-refractivity contribution >= 4 is 23.6 Å². The van der Waals surface area contributed by atoms with Gasteiger partial charge in [0.1, 0.15) is 23.9 Å². The van der Waals surface area contributed by atoms with Gasteiger partial charge in [0, 0.05) is 13.0 Å². The Morgan fingerprint density at radius 2 is 1.85 bits per heavy atom. The Balaban J connectivity index is 1.44. The summed E-state index contributed by atoms with van der Waals surface area (Å²) in [5.74, 6) is -0.0139. The number of nitrogens with one attached hydrogen (secondary N) is 1. The molecule has 1 atom stereocenters. The number of anilines is 1. The maximum Gasteiger partial charge on any atom is 0.414 e. The molecule has 3 aromatic rings. The molecule has 1 aliphatic heterocycles. The zero-order valence-corrected chi connectivity index (χ0v) is 18.0. The van der Waals surface area contributed by atoms with Crippen LogP contribution >= 0.6 is 0 Å². The van der Waals surface area contributed by atoms with Gasteiger partial charge in [-0.25, -0.2) is 4.79 Å². The molecule has 0 saturated carbocycles. The van der Waals surface area contributed by atoms with E-state index in [-0.39, 0.29) is 30.3 Å². The number of nitrogens with zero attached hydrogens (tertiary/aromatic N) is 1. The van der Waals surface area contributed by atoms with Crippen LogP contribution in [-0.2, 0) is 9.53 Å². The van der Waals surface area contributed by atoms with Gasteiger partial charge in [0.15, 0.2) is 6.10 Å². The maximum atomic E-state index is 12.5. The highest BCUT2D eigenvalue weighted by molar-refractivity contribution is 5.99. The molecule has 1 heterocycles. The summed E-state index contributed by atoms with van der Waals surface area (Å²) in [5, 5.41) is 7.64. The number of rotatable bonds is 7. The van der Waals surface area contributed by atoms with E-state index in [1.54, 1.807) is 6.07 Å². The molecule has 0 radical (unpaired) electrons. The van der Waals surface area contributed by atoms with Crippen LogP contribution in [0.25, 0.3) is 11.1 Å². The SMILES string of the molecule is CC(=O)Oc1cc(N2CC(COc3cccc(-c4ccccc4)c3)OC2=O)ccc1C(=N)N. The lowest BCUT2D eigenvalue weighted by Crippen LogP contribution is -2.27. The molecule has 8 heteroatoms. The molecule has 4 rings (SSSR count). The lowest BCUT2D eigenvalue weighted by molar-refractivity contribution is -0.131. The first kappa shape index (κ1) is 21.9. The van der Waals surface area contributed by atoms with Crippen LogP contribution in [0.2, 0.25) is 0 Å². The molecule has 0 aliphatic carbocycles. The molecular weight excluding hydrogens is 422 g/mol. The van der Waals surface area contributed by atoms with Crippen LogP contribution in [0.5, 0.6) is 11.5 Å². The van der Waals surface area contributed by atoms with Gasteiger partial charge in [0.05, 0.1) is 17.8 Å². The van der Waals surface area contributed by atoms with Gasteiger partial charge < -0.3 is 19.9 Å².